The molecule has 0 saturated heterocycles. The van der Waals surface area contributed by atoms with Crippen LogP contribution in [0.4, 0.5) is 14.5 Å². The number of hydrogen-bond donors (Lipinski definition) is 1. The van der Waals surface area contributed by atoms with Crippen LogP contribution in [0.2, 0.25) is 0 Å². The SMILES string of the molecule is CC(C)C(C(=O)Nc1ccc(F)c(F)c1)n1nnc2ccccc2c1=O. The number of rotatable bonds is 4. The number of aromatic nitrogens is 3. The van der Waals surface area contributed by atoms with Crippen LogP contribution in [0.15, 0.2) is 47.3 Å². The minimum absolute atomic E-state index is 0.0846. The fraction of sp³-hybridized carbons (Fsp3) is 0.222. The van der Waals surface area contributed by atoms with Gasteiger partial charge in [0.1, 0.15) is 11.6 Å². The minimum atomic E-state index is -1.08. The van der Waals surface area contributed by atoms with E-state index in [4.69, 9.17) is 0 Å². The van der Waals surface area contributed by atoms with Crippen molar-refractivity contribution in [1.82, 2.24) is 15.0 Å². The highest BCUT2D eigenvalue weighted by molar-refractivity contribution is 5.94. The van der Waals surface area contributed by atoms with Crippen LogP contribution < -0.4 is 10.9 Å². The van der Waals surface area contributed by atoms with Crippen molar-refractivity contribution >= 4 is 22.5 Å². The molecule has 0 fully saturated rings. The van der Waals surface area contributed by atoms with Crippen LogP contribution in [0.25, 0.3) is 10.9 Å². The monoisotopic (exact) mass is 358 g/mol. The highest BCUT2D eigenvalue weighted by atomic mass is 19.2. The smallest absolute Gasteiger partial charge is 0.278 e. The molecule has 134 valence electrons. The third-order valence-electron chi connectivity index (χ3n) is 3.94. The van der Waals surface area contributed by atoms with Gasteiger partial charge in [0.15, 0.2) is 11.6 Å². The molecular weight excluding hydrogens is 342 g/mol. The van der Waals surface area contributed by atoms with Gasteiger partial charge >= 0.3 is 0 Å². The Morgan fingerprint density at radius 1 is 1.12 bits per heavy atom. The number of benzene rings is 2. The molecule has 0 bridgehead atoms. The molecule has 0 radical (unpaired) electrons. The topological polar surface area (TPSA) is 76.9 Å². The molecule has 1 N–H and O–H groups in total. The Labute approximate surface area is 147 Å². The van der Waals surface area contributed by atoms with Crippen molar-refractivity contribution in [1.29, 1.82) is 0 Å². The van der Waals surface area contributed by atoms with Gasteiger partial charge in [-0.15, -0.1) is 5.10 Å². The van der Waals surface area contributed by atoms with E-state index < -0.39 is 29.1 Å². The first-order valence-corrected chi connectivity index (χ1v) is 7.98. The molecule has 1 heterocycles. The van der Waals surface area contributed by atoms with Crippen molar-refractivity contribution in [2.24, 2.45) is 5.92 Å². The number of carbonyl (C=O) groups is 1. The first kappa shape index (κ1) is 17.7. The first-order valence-electron chi connectivity index (χ1n) is 7.98. The highest BCUT2D eigenvalue weighted by Gasteiger charge is 2.27. The summed E-state index contributed by atoms with van der Waals surface area (Å²) < 4.78 is 27.4. The molecule has 3 rings (SSSR count). The fourth-order valence-corrected chi connectivity index (χ4v) is 2.67. The summed E-state index contributed by atoms with van der Waals surface area (Å²) in [6.07, 6.45) is 0. The van der Waals surface area contributed by atoms with Gasteiger partial charge in [-0.25, -0.2) is 8.78 Å². The molecule has 1 unspecified atom stereocenters. The molecule has 1 aromatic heterocycles. The summed E-state index contributed by atoms with van der Waals surface area (Å²) in [6.45, 7) is 3.50. The number of carbonyl (C=O) groups excluding carboxylic acids is 1. The summed E-state index contributed by atoms with van der Waals surface area (Å²) in [4.78, 5) is 25.4. The van der Waals surface area contributed by atoms with E-state index in [2.05, 4.69) is 15.6 Å². The van der Waals surface area contributed by atoms with E-state index in [1.165, 1.54) is 6.07 Å². The number of halogens is 2. The van der Waals surface area contributed by atoms with Gasteiger partial charge in [-0.2, -0.15) is 4.68 Å². The van der Waals surface area contributed by atoms with Crippen LogP contribution in [0.3, 0.4) is 0 Å². The van der Waals surface area contributed by atoms with Gasteiger partial charge < -0.3 is 5.32 Å². The van der Waals surface area contributed by atoms with Gasteiger partial charge in [0.25, 0.3) is 5.56 Å². The van der Waals surface area contributed by atoms with Crippen LogP contribution in [0, 0.1) is 17.6 Å². The lowest BCUT2D eigenvalue weighted by Crippen LogP contribution is -2.38. The molecule has 6 nitrogen and oxygen atoms in total. The van der Waals surface area contributed by atoms with E-state index in [0.717, 1.165) is 16.8 Å². The third kappa shape index (κ3) is 3.30. The maximum atomic E-state index is 13.3. The van der Waals surface area contributed by atoms with Gasteiger partial charge in [0, 0.05) is 11.8 Å². The van der Waals surface area contributed by atoms with Gasteiger partial charge in [0.2, 0.25) is 5.91 Å². The van der Waals surface area contributed by atoms with Crippen LogP contribution in [0.1, 0.15) is 19.9 Å². The van der Waals surface area contributed by atoms with Crippen LogP contribution in [0.5, 0.6) is 0 Å². The molecule has 2 aromatic carbocycles. The zero-order valence-electron chi connectivity index (χ0n) is 14.1. The maximum Gasteiger partial charge on any atom is 0.278 e. The Morgan fingerprint density at radius 3 is 2.54 bits per heavy atom. The van der Waals surface area contributed by atoms with E-state index >= 15 is 0 Å². The van der Waals surface area contributed by atoms with Crippen LogP contribution in [-0.4, -0.2) is 20.9 Å². The largest absolute Gasteiger partial charge is 0.324 e. The zero-order chi connectivity index (χ0) is 18.8. The summed E-state index contributed by atoms with van der Waals surface area (Å²) in [5, 5.41) is 10.7. The van der Waals surface area contributed by atoms with Gasteiger partial charge in [0.05, 0.1) is 5.39 Å². The van der Waals surface area contributed by atoms with Crippen molar-refractivity contribution in [3.8, 4) is 0 Å². The summed E-state index contributed by atoms with van der Waals surface area (Å²) in [5.74, 6) is -2.96. The normalized spacial score (nSPS) is 12.3. The number of anilines is 1. The van der Waals surface area contributed by atoms with Crippen LogP contribution >= 0.6 is 0 Å². The third-order valence-corrected chi connectivity index (χ3v) is 3.94. The molecule has 0 spiro atoms. The molecule has 0 aliphatic heterocycles. The molecule has 26 heavy (non-hydrogen) atoms. The molecule has 1 atom stereocenters. The van der Waals surface area contributed by atoms with Crippen molar-refractivity contribution in [3.05, 3.63) is 64.5 Å². The summed E-state index contributed by atoms with van der Waals surface area (Å²) in [6, 6.07) is 8.75. The molecule has 0 aliphatic carbocycles. The Hall–Kier alpha value is -3.16. The Bertz CT molecular complexity index is 1030. The molecule has 8 heteroatoms. The quantitative estimate of drug-likeness (QED) is 0.778. The predicted octanol–water partition coefficient (Wildman–Crippen LogP) is 2.91. The number of nitrogens with one attached hydrogen (secondary N) is 1. The highest BCUT2D eigenvalue weighted by Crippen LogP contribution is 2.20. The first-order chi connectivity index (χ1) is 12.4. The fourth-order valence-electron chi connectivity index (χ4n) is 2.67. The summed E-state index contributed by atoms with van der Waals surface area (Å²) >= 11 is 0. The van der Waals surface area contributed by atoms with E-state index in [9.17, 15) is 18.4 Å². The van der Waals surface area contributed by atoms with E-state index in [1.54, 1.807) is 38.1 Å². The molecule has 0 aliphatic rings. The van der Waals surface area contributed by atoms with Gasteiger partial charge in [-0.3, -0.25) is 9.59 Å². The predicted molar refractivity (Wildman–Crippen MR) is 92.7 cm³/mol. The van der Waals surface area contributed by atoms with Gasteiger partial charge in [-0.05, 0) is 30.2 Å². The standard InChI is InChI=1S/C18H16F2N4O2/c1-10(2)16(17(25)21-11-7-8-13(19)14(20)9-11)24-18(26)12-5-3-4-6-15(12)22-23-24/h3-10,16H,1-2H3,(H,21,25). The zero-order valence-corrected chi connectivity index (χ0v) is 14.1. The molecule has 1 amide bonds. The molecule has 3 aromatic rings. The van der Waals surface area contributed by atoms with Crippen molar-refractivity contribution in [2.45, 2.75) is 19.9 Å². The van der Waals surface area contributed by atoms with E-state index in [1.807, 2.05) is 0 Å². The Kier molecular flexibility index (Phi) is 4.75. The van der Waals surface area contributed by atoms with Crippen LogP contribution in [-0.2, 0) is 4.79 Å². The molecular formula is C18H16F2N4O2. The summed E-state index contributed by atoms with van der Waals surface area (Å²) in [5.41, 5.74) is 0.0633. The summed E-state index contributed by atoms with van der Waals surface area (Å²) in [7, 11) is 0. The molecule has 0 saturated carbocycles. The lowest BCUT2D eigenvalue weighted by molar-refractivity contribution is -0.120. The Morgan fingerprint density at radius 2 is 1.85 bits per heavy atom. The van der Waals surface area contributed by atoms with Gasteiger partial charge in [-0.1, -0.05) is 31.2 Å². The second-order valence-corrected chi connectivity index (χ2v) is 6.16. The maximum absolute atomic E-state index is 13.3. The van der Waals surface area contributed by atoms with E-state index in [0.29, 0.717) is 10.9 Å². The average Bonchev–Trinajstić information content (AvgIpc) is 2.60. The van der Waals surface area contributed by atoms with E-state index in [-0.39, 0.29) is 11.6 Å². The lowest BCUT2D eigenvalue weighted by atomic mass is 10.0. The lowest BCUT2D eigenvalue weighted by Gasteiger charge is -2.21. The van der Waals surface area contributed by atoms with Crippen molar-refractivity contribution < 1.29 is 13.6 Å². The second-order valence-electron chi connectivity index (χ2n) is 6.16. The number of amides is 1. The van der Waals surface area contributed by atoms with Crippen molar-refractivity contribution in [3.63, 3.8) is 0 Å². The number of hydrogen-bond acceptors (Lipinski definition) is 4. The minimum Gasteiger partial charge on any atom is -0.324 e. The Balaban J connectivity index is 1.99. The van der Waals surface area contributed by atoms with Crippen molar-refractivity contribution in [2.75, 3.05) is 5.32 Å². The number of nitrogens with zero attached hydrogens (tertiary/aromatic N) is 3. The second kappa shape index (κ2) is 6.99. The number of fused-ring (bicyclic) bond motifs is 1. The average molecular weight is 358 g/mol.